The lowest BCUT2D eigenvalue weighted by Crippen LogP contribution is -2.21. The van der Waals surface area contributed by atoms with Gasteiger partial charge in [0.15, 0.2) is 9.84 Å². The van der Waals surface area contributed by atoms with Crippen LogP contribution in [0, 0.1) is 0 Å². The molecule has 0 radical (unpaired) electrons. The lowest BCUT2D eigenvalue weighted by Gasteiger charge is -2.13. The smallest absolute Gasteiger partial charge is 0.153 e. The van der Waals surface area contributed by atoms with Crippen LogP contribution < -0.4 is 10.5 Å². The first-order valence-electron chi connectivity index (χ1n) is 6.75. The third-order valence-corrected chi connectivity index (χ3v) is 5.57. The van der Waals surface area contributed by atoms with E-state index in [9.17, 15) is 8.42 Å². The molecule has 114 valence electrons. The van der Waals surface area contributed by atoms with Gasteiger partial charge in [-0.25, -0.2) is 8.42 Å². The van der Waals surface area contributed by atoms with Crippen LogP contribution >= 0.6 is 15.9 Å². The summed E-state index contributed by atoms with van der Waals surface area (Å²) in [6, 6.07) is 5.75. The summed E-state index contributed by atoms with van der Waals surface area (Å²) < 4.78 is 29.3. The first kappa shape index (κ1) is 17.5. The molecule has 0 aromatic heterocycles. The largest absolute Gasteiger partial charge is 0.493 e. The third-order valence-electron chi connectivity index (χ3n) is 3.13. The number of halogens is 1. The third kappa shape index (κ3) is 5.81. The summed E-state index contributed by atoms with van der Waals surface area (Å²) in [5.74, 6) is 0.870. The Morgan fingerprint density at radius 2 is 2.05 bits per heavy atom. The summed E-state index contributed by atoms with van der Waals surface area (Å²) in [7, 11) is -2.99. The Balaban J connectivity index is 2.65. The molecule has 0 aliphatic carbocycles. The second-order valence-corrected chi connectivity index (χ2v) is 8.04. The molecule has 1 atom stereocenters. The van der Waals surface area contributed by atoms with Crippen molar-refractivity contribution in [1.82, 2.24) is 0 Å². The first-order chi connectivity index (χ1) is 9.38. The van der Waals surface area contributed by atoms with Crippen molar-refractivity contribution in [2.45, 2.75) is 32.7 Å². The van der Waals surface area contributed by atoms with E-state index in [-0.39, 0.29) is 24.2 Å². The average molecular weight is 364 g/mol. The van der Waals surface area contributed by atoms with Crippen LogP contribution in [0.5, 0.6) is 5.75 Å². The maximum atomic E-state index is 11.4. The number of rotatable bonds is 8. The molecule has 0 spiro atoms. The van der Waals surface area contributed by atoms with Crippen LogP contribution in [-0.2, 0) is 16.3 Å². The van der Waals surface area contributed by atoms with Crippen molar-refractivity contribution in [2.75, 3.05) is 18.1 Å². The fourth-order valence-corrected chi connectivity index (χ4v) is 2.69. The van der Waals surface area contributed by atoms with Crippen molar-refractivity contribution in [3.05, 3.63) is 28.2 Å². The van der Waals surface area contributed by atoms with E-state index in [0.717, 1.165) is 22.9 Å². The molecule has 0 saturated carbocycles. The van der Waals surface area contributed by atoms with Crippen LogP contribution in [-0.4, -0.2) is 32.6 Å². The minimum atomic E-state index is -2.99. The highest BCUT2D eigenvalue weighted by Gasteiger charge is 2.09. The van der Waals surface area contributed by atoms with Crippen LogP contribution in [0.15, 0.2) is 22.7 Å². The van der Waals surface area contributed by atoms with Gasteiger partial charge in [-0.2, -0.15) is 0 Å². The molecule has 0 fully saturated rings. The predicted octanol–water partition coefficient (Wildman–Crippen LogP) is 2.54. The molecule has 0 aliphatic rings. The van der Waals surface area contributed by atoms with Gasteiger partial charge in [0, 0.05) is 16.3 Å². The highest BCUT2D eigenvalue weighted by atomic mass is 79.9. The van der Waals surface area contributed by atoms with Crippen molar-refractivity contribution >= 4 is 25.8 Å². The standard InChI is InChI=1S/C14H22BrNO3S/c1-3-12(16)9-11-10-13(5-6-14(11)15)19-7-8-20(17,18)4-2/h5-6,10,12H,3-4,7-9,16H2,1-2H3. The number of nitrogens with two attached hydrogens (primary N) is 1. The van der Waals surface area contributed by atoms with E-state index in [0.29, 0.717) is 5.75 Å². The molecule has 20 heavy (non-hydrogen) atoms. The SMILES string of the molecule is CCC(N)Cc1cc(OCCS(=O)(=O)CC)ccc1Br. The predicted molar refractivity (Wildman–Crippen MR) is 85.9 cm³/mol. The van der Waals surface area contributed by atoms with E-state index in [4.69, 9.17) is 10.5 Å². The highest BCUT2D eigenvalue weighted by Crippen LogP contribution is 2.24. The zero-order chi connectivity index (χ0) is 15.2. The van der Waals surface area contributed by atoms with Gasteiger partial charge in [0.1, 0.15) is 12.4 Å². The minimum Gasteiger partial charge on any atom is -0.493 e. The van der Waals surface area contributed by atoms with Crippen molar-refractivity contribution < 1.29 is 13.2 Å². The van der Waals surface area contributed by atoms with E-state index >= 15 is 0 Å². The number of ether oxygens (including phenoxy) is 1. The molecular formula is C14H22BrNO3S. The van der Waals surface area contributed by atoms with Gasteiger partial charge in [-0.1, -0.05) is 29.8 Å². The van der Waals surface area contributed by atoms with Crippen LogP contribution in [0.25, 0.3) is 0 Å². The second-order valence-electron chi connectivity index (χ2n) is 4.71. The molecule has 2 N–H and O–H groups in total. The number of benzene rings is 1. The van der Waals surface area contributed by atoms with Gasteiger partial charge >= 0.3 is 0 Å². The molecule has 4 nitrogen and oxygen atoms in total. The van der Waals surface area contributed by atoms with Crippen molar-refractivity contribution in [3.63, 3.8) is 0 Å². The van der Waals surface area contributed by atoms with E-state index in [1.807, 2.05) is 18.2 Å². The van der Waals surface area contributed by atoms with Gasteiger partial charge in [0.05, 0.1) is 5.75 Å². The van der Waals surface area contributed by atoms with Crippen molar-refractivity contribution in [2.24, 2.45) is 5.73 Å². The van der Waals surface area contributed by atoms with E-state index in [1.54, 1.807) is 6.92 Å². The highest BCUT2D eigenvalue weighted by molar-refractivity contribution is 9.10. The molecule has 1 aromatic carbocycles. The molecule has 0 heterocycles. The summed E-state index contributed by atoms with van der Waals surface area (Å²) in [5.41, 5.74) is 7.04. The molecule has 0 saturated heterocycles. The maximum Gasteiger partial charge on any atom is 0.153 e. The Morgan fingerprint density at radius 1 is 1.35 bits per heavy atom. The summed E-state index contributed by atoms with van der Waals surface area (Å²) in [5, 5.41) is 0. The summed E-state index contributed by atoms with van der Waals surface area (Å²) in [4.78, 5) is 0. The van der Waals surface area contributed by atoms with E-state index in [2.05, 4.69) is 22.9 Å². The fourth-order valence-electron chi connectivity index (χ4n) is 1.65. The Hall–Kier alpha value is -0.590. The lowest BCUT2D eigenvalue weighted by molar-refractivity contribution is 0.340. The summed E-state index contributed by atoms with van der Waals surface area (Å²) in [6.45, 7) is 3.87. The topological polar surface area (TPSA) is 69.4 Å². The van der Waals surface area contributed by atoms with Crippen molar-refractivity contribution in [1.29, 1.82) is 0 Å². The molecule has 1 unspecified atom stereocenters. The van der Waals surface area contributed by atoms with E-state index in [1.165, 1.54) is 0 Å². The van der Waals surface area contributed by atoms with Crippen LogP contribution in [0.4, 0.5) is 0 Å². The number of sulfone groups is 1. The fraction of sp³-hybridized carbons (Fsp3) is 0.571. The average Bonchev–Trinajstić information content (AvgIpc) is 2.42. The minimum absolute atomic E-state index is 0.0450. The Labute approximate surface area is 129 Å². The second kappa shape index (κ2) is 8.00. The Kier molecular flexibility index (Phi) is 6.99. The summed E-state index contributed by atoms with van der Waals surface area (Å²) in [6.07, 6.45) is 1.67. The zero-order valence-corrected chi connectivity index (χ0v) is 14.3. The lowest BCUT2D eigenvalue weighted by atomic mass is 10.0. The van der Waals surface area contributed by atoms with Crippen LogP contribution in [0.1, 0.15) is 25.8 Å². The van der Waals surface area contributed by atoms with Gasteiger partial charge < -0.3 is 10.5 Å². The molecule has 6 heteroatoms. The molecule has 1 rings (SSSR count). The van der Waals surface area contributed by atoms with Gasteiger partial charge in [-0.15, -0.1) is 0 Å². The molecule has 1 aromatic rings. The Bertz CT molecular complexity index is 531. The van der Waals surface area contributed by atoms with Gasteiger partial charge in [0.25, 0.3) is 0 Å². The maximum absolute atomic E-state index is 11.4. The molecule has 0 amide bonds. The molecule has 0 bridgehead atoms. The van der Waals surface area contributed by atoms with Gasteiger partial charge in [0.2, 0.25) is 0 Å². The van der Waals surface area contributed by atoms with Gasteiger partial charge in [-0.05, 0) is 36.6 Å². The van der Waals surface area contributed by atoms with E-state index < -0.39 is 9.84 Å². The molecular weight excluding hydrogens is 342 g/mol. The number of hydrogen-bond acceptors (Lipinski definition) is 4. The zero-order valence-electron chi connectivity index (χ0n) is 11.9. The van der Waals surface area contributed by atoms with Crippen molar-refractivity contribution in [3.8, 4) is 5.75 Å². The first-order valence-corrected chi connectivity index (χ1v) is 9.36. The molecule has 0 aliphatic heterocycles. The van der Waals surface area contributed by atoms with Gasteiger partial charge in [-0.3, -0.25) is 0 Å². The van der Waals surface area contributed by atoms with Crippen LogP contribution in [0.2, 0.25) is 0 Å². The monoisotopic (exact) mass is 363 g/mol. The van der Waals surface area contributed by atoms with Crippen LogP contribution in [0.3, 0.4) is 0 Å². The number of hydrogen-bond donors (Lipinski definition) is 1. The Morgan fingerprint density at radius 3 is 2.65 bits per heavy atom. The quantitative estimate of drug-likeness (QED) is 0.770. The summed E-state index contributed by atoms with van der Waals surface area (Å²) >= 11 is 3.49. The normalized spacial score (nSPS) is 13.2.